The molecule has 1 fully saturated rings. The van der Waals surface area contributed by atoms with E-state index in [2.05, 4.69) is 0 Å². The normalized spacial score (nSPS) is 24.1. The van der Waals surface area contributed by atoms with Crippen LogP contribution in [-0.2, 0) is 14.6 Å². The molecule has 7 nitrogen and oxygen atoms in total. The highest BCUT2D eigenvalue weighted by Gasteiger charge is 2.59. The average Bonchev–Trinajstić information content (AvgIpc) is 2.66. The molecule has 2 amide bonds. The van der Waals surface area contributed by atoms with E-state index >= 15 is 0 Å². The summed E-state index contributed by atoms with van der Waals surface area (Å²) in [6.45, 7) is 0.326. The Bertz CT molecular complexity index is 547. The summed E-state index contributed by atoms with van der Waals surface area (Å²) < 4.78 is 60.9. The molecule has 0 aromatic rings. The van der Waals surface area contributed by atoms with Gasteiger partial charge in [-0.05, 0) is 13.3 Å². The van der Waals surface area contributed by atoms with E-state index in [0.717, 1.165) is 11.9 Å². The van der Waals surface area contributed by atoms with Crippen LogP contribution in [0.2, 0.25) is 0 Å². The zero-order chi connectivity index (χ0) is 16.6. The van der Waals surface area contributed by atoms with Crippen LogP contribution in [0.4, 0.5) is 18.0 Å². The maximum Gasteiger partial charge on any atom is 0.422 e. The van der Waals surface area contributed by atoms with E-state index in [1.807, 2.05) is 0 Å². The molecule has 2 atom stereocenters. The van der Waals surface area contributed by atoms with E-state index in [-0.39, 0.29) is 17.9 Å². The molecule has 11 heteroatoms. The van der Waals surface area contributed by atoms with E-state index < -0.39 is 39.6 Å². The lowest BCUT2D eigenvalue weighted by Gasteiger charge is -2.32. The number of carbonyl (C=O) groups is 2. The molecule has 0 aliphatic carbocycles. The van der Waals surface area contributed by atoms with Crippen molar-refractivity contribution in [2.75, 3.05) is 18.6 Å². The molecule has 0 bridgehead atoms. The molecule has 21 heavy (non-hydrogen) atoms. The second-order valence-electron chi connectivity index (χ2n) is 5.03. The summed E-state index contributed by atoms with van der Waals surface area (Å²) in [4.78, 5) is 23.4. The van der Waals surface area contributed by atoms with Gasteiger partial charge in [-0.15, -0.1) is 0 Å². The molecule has 122 valence electrons. The number of alkyl halides is 3. The maximum absolute atomic E-state index is 12.8. The molecule has 1 heterocycles. The van der Waals surface area contributed by atoms with Crippen molar-refractivity contribution < 1.29 is 36.3 Å². The molecule has 1 aliphatic heterocycles. The fourth-order valence-electron chi connectivity index (χ4n) is 1.79. The number of rotatable bonds is 3. The standard InChI is InChI=1S/C10H15F3N2O5S/c1-9(7(16)17,10(11,12)13)14-8(18)15(2)6-3-4-21(19,20)5-6/h6H,3-5H2,1-2H3,(H,14,18)(H,16,17). The van der Waals surface area contributed by atoms with E-state index in [1.165, 1.54) is 5.32 Å². The Labute approximate surface area is 119 Å². The number of carboxylic acids is 1. The Morgan fingerprint density at radius 3 is 2.19 bits per heavy atom. The molecule has 1 rings (SSSR count). The fourth-order valence-corrected chi connectivity index (χ4v) is 3.57. The van der Waals surface area contributed by atoms with Gasteiger partial charge in [-0.2, -0.15) is 13.2 Å². The van der Waals surface area contributed by atoms with E-state index in [4.69, 9.17) is 5.11 Å². The molecule has 0 spiro atoms. The number of nitrogens with one attached hydrogen (secondary N) is 1. The number of aliphatic carboxylic acids is 1. The van der Waals surface area contributed by atoms with E-state index in [0.29, 0.717) is 6.92 Å². The second-order valence-corrected chi connectivity index (χ2v) is 7.25. The van der Waals surface area contributed by atoms with Gasteiger partial charge in [0, 0.05) is 13.1 Å². The first-order valence-electron chi connectivity index (χ1n) is 5.86. The number of hydrogen-bond acceptors (Lipinski definition) is 4. The summed E-state index contributed by atoms with van der Waals surface area (Å²) in [5.74, 6) is -2.77. The van der Waals surface area contributed by atoms with Gasteiger partial charge in [0.25, 0.3) is 0 Å². The first-order chi connectivity index (χ1) is 9.30. The van der Waals surface area contributed by atoms with Crippen molar-refractivity contribution in [2.24, 2.45) is 0 Å². The number of carbonyl (C=O) groups excluding carboxylic acids is 1. The van der Waals surface area contributed by atoms with Crippen molar-refractivity contribution in [3.63, 3.8) is 0 Å². The molecular weight excluding hydrogens is 317 g/mol. The molecule has 0 radical (unpaired) electrons. The molecule has 0 aromatic heterocycles. The molecular formula is C10H15F3N2O5S. The van der Waals surface area contributed by atoms with Crippen LogP contribution < -0.4 is 5.32 Å². The van der Waals surface area contributed by atoms with E-state index in [9.17, 15) is 31.2 Å². The van der Waals surface area contributed by atoms with Crippen molar-refractivity contribution in [1.82, 2.24) is 10.2 Å². The Balaban J connectivity index is 2.87. The summed E-state index contributed by atoms with van der Waals surface area (Å²) in [6, 6.07) is -2.07. The molecule has 2 unspecified atom stereocenters. The van der Waals surface area contributed by atoms with Gasteiger partial charge in [0.15, 0.2) is 9.84 Å². The molecule has 0 aromatic carbocycles. The number of carboxylic acid groups (broad SMARTS) is 1. The fraction of sp³-hybridized carbons (Fsp3) is 0.800. The van der Waals surface area contributed by atoms with Crippen molar-refractivity contribution in [3.05, 3.63) is 0 Å². The van der Waals surface area contributed by atoms with Crippen LogP contribution in [0, 0.1) is 0 Å². The van der Waals surface area contributed by atoms with Gasteiger partial charge in [-0.3, -0.25) is 0 Å². The second kappa shape index (κ2) is 5.35. The van der Waals surface area contributed by atoms with Crippen LogP contribution in [0.25, 0.3) is 0 Å². The lowest BCUT2D eigenvalue weighted by Crippen LogP contribution is -2.64. The smallest absolute Gasteiger partial charge is 0.422 e. The Morgan fingerprint density at radius 2 is 1.86 bits per heavy atom. The van der Waals surface area contributed by atoms with Crippen LogP contribution in [0.1, 0.15) is 13.3 Å². The minimum atomic E-state index is -5.20. The lowest BCUT2D eigenvalue weighted by atomic mass is 10.0. The Hall–Kier alpha value is -1.52. The number of hydrogen-bond donors (Lipinski definition) is 2. The van der Waals surface area contributed by atoms with Gasteiger partial charge >= 0.3 is 18.2 Å². The average molecular weight is 332 g/mol. The van der Waals surface area contributed by atoms with Crippen molar-refractivity contribution in [1.29, 1.82) is 0 Å². The van der Waals surface area contributed by atoms with Crippen molar-refractivity contribution in [3.8, 4) is 0 Å². The lowest BCUT2D eigenvalue weighted by molar-refractivity contribution is -0.203. The summed E-state index contributed by atoms with van der Waals surface area (Å²) in [6.07, 6.45) is -5.10. The monoisotopic (exact) mass is 332 g/mol. The van der Waals surface area contributed by atoms with E-state index in [1.54, 1.807) is 0 Å². The SMILES string of the molecule is CN(C(=O)NC(C)(C(=O)O)C(F)(F)F)C1CCS(=O)(=O)C1. The summed E-state index contributed by atoms with van der Waals surface area (Å²) >= 11 is 0. The van der Waals surface area contributed by atoms with Gasteiger partial charge in [0.1, 0.15) is 0 Å². The number of nitrogens with zero attached hydrogens (tertiary/aromatic N) is 1. The van der Waals surface area contributed by atoms with Crippen molar-refractivity contribution >= 4 is 21.8 Å². The first kappa shape index (κ1) is 17.5. The summed E-state index contributed by atoms with van der Waals surface area (Å²) in [5.41, 5.74) is -3.45. The topological polar surface area (TPSA) is 104 Å². The van der Waals surface area contributed by atoms with Gasteiger partial charge in [-0.25, -0.2) is 18.0 Å². The van der Waals surface area contributed by atoms with Gasteiger partial charge in [0.2, 0.25) is 5.54 Å². The van der Waals surface area contributed by atoms with Crippen LogP contribution in [0.3, 0.4) is 0 Å². The highest BCUT2D eigenvalue weighted by Crippen LogP contribution is 2.30. The third-order valence-corrected chi connectivity index (χ3v) is 5.18. The zero-order valence-electron chi connectivity index (χ0n) is 11.3. The summed E-state index contributed by atoms with van der Waals surface area (Å²) in [7, 11) is -2.20. The predicted molar refractivity (Wildman–Crippen MR) is 65.4 cm³/mol. The predicted octanol–water partition coefficient (Wildman–Crippen LogP) is 0.221. The first-order valence-corrected chi connectivity index (χ1v) is 7.68. The Kier molecular flexibility index (Phi) is 4.47. The summed E-state index contributed by atoms with van der Waals surface area (Å²) in [5, 5.41) is 10.1. The van der Waals surface area contributed by atoms with Crippen molar-refractivity contribution in [2.45, 2.75) is 31.1 Å². The largest absolute Gasteiger partial charge is 0.479 e. The number of halogens is 3. The maximum atomic E-state index is 12.8. The third kappa shape index (κ3) is 3.57. The number of amides is 2. The van der Waals surface area contributed by atoms with Crippen LogP contribution in [-0.4, -0.2) is 66.7 Å². The zero-order valence-corrected chi connectivity index (χ0v) is 12.1. The minimum Gasteiger partial charge on any atom is -0.479 e. The molecule has 2 N–H and O–H groups in total. The Morgan fingerprint density at radius 1 is 1.33 bits per heavy atom. The van der Waals surface area contributed by atoms with Gasteiger partial charge in [-0.1, -0.05) is 0 Å². The van der Waals surface area contributed by atoms with Crippen LogP contribution >= 0.6 is 0 Å². The molecule has 1 saturated heterocycles. The quantitative estimate of drug-likeness (QED) is 0.769. The third-order valence-electron chi connectivity index (χ3n) is 3.43. The number of sulfone groups is 1. The highest BCUT2D eigenvalue weighted by molar-refractivity contribution is 7.91. The highest BCUT2D eigenvalue weighted by atomic mass is 32.2. The van der Waals surface area contributed by atoms with Crippen LogP contribution in [0.5, 0.6) is 0 Å². The number of urea groups is 1. The molecule has 0 saturated carbocycles. The van der Waals surface area contributed by atoms with Crippen LogP contribution in [0.15, 0.2) is 0 Å². The molecule has 1 aliphatic rings. The van der Waals surface area contributed by atoms with Gasteiger partial charge in [0.05, 0.1) is 11.5 Å². The van der Waals surface area contributed by atoms with Gasteiger partial charge < -0.3 is 15.3 Å². The minimum absolute atomic E-state index is 0.0993.